The molecule has 1 aliphatic carbocycles. The van der Waals surface area contributed by atoms with Crippen molar-refractivity contribution in [3.05, 3.63) is 29.3 Å². The number of methoxy groups -OCH3 is 1. The Balaban J connectivity index is 2.17. The molecule has 1 aliphatic rings. The van der Waals surface area contributed by atoms with Crippen molar-refractivity contribution in [1.29, 1.82) is 0 Å². The lowest BCUT2D eigenvalue weighted by molar-refractivity contribution is 0.140. The van der Waals surface area contributed by atoms with Gasteiger partial charge in [0.25, 0.3) is 0 Å². The van der Waals surface area contributed by atoms with Gasteiger partial charge in [0.15, 0.2) is 11.6 Å². The van der Waals surface area contributed by atoms with E-state index < -0.39 is 17.2 Å². The zero-order valence-corrected chi connectivity index (χ0v) is 9.09. The van der Waals surface area contributed by atoms with Crippen LogP contribution in [-0.4, -0.2) is 17.8 Å². The van der Waals surface area contributed by atoms with Gasteiger partial charge in [-0.3, -0.25) is 0 Å². The molecule has 1 aromatic carbocycles. The molecule has 88 valence electrons. The Hall–Kier alpha value is -1.16. The van der Waals surface area contributed by atoms with Crippen molar-refractivity contribution in [2.45, 2.75) is 31.3 Å². The number of hydrogen-bond donors (Lipinski definition) is 1. The number of rotatable bonds is 4. The molecule has 0 heterocycles. The molecule has 1 saturated carbocycles. The maximum absolute atomic E-state index is 13.3. The first kappa shape index (κ1) is 11.3. The first-order valence-electron chi connectivity index (χ1n) is 5.28. The molecule has 0 atom stereocenters. The van der Waals surface area contributed by atoms with Crippen molar-refractivity contribution in [2.75, 3.05) is 7.11 Å². The Morgan fingerprint density at radius 2 is 2.06 bits per heavy atom. The van der Waals surface area contributed by atoms with E-state index in [4.69, 9.17) is 4.74 Å². The van der Waals surface area contributed by atoms with Gasteiger partial charge in [-0.15, -0.1) is 0 Å². The zero-order chi connectivity index (χ0) is 11.8. The van der Waals surface area contributed by atoms with Crippen LogP contribution < -0.4 is 4.74 Å². The number of hydrogen-bond acceptors (Lipinski definition) is 2. The van der Waals surface area contributed by atoms with Crippen molar-refractivity contribution >= 4 is 0 Å². The molecule has 0 radical (unpaired) electrons. The molecular formula is C12H14F2O2. The Morgan fingerprint density at radius 1 is 1.38 bits per heavy atom. The Morgan fingerprint density at radius 3 is 2.62 bits per heavy atom. The van der Waals surface area contributed by atoms with Crippen LogP contribution in [0.5, 0.6) is 5.75 Å². The van der Waals surface area contributed by atoms with Gasteiger partial charge in [0, 0.05) is 11.6 Å². The second-order valence-corrected chi connectivity index (χ2v) is 4.30. The van der Waals surface area contributed by atoms with Crippen molar-refractivity contribution < 1.29 is 18.6 Å². The highest BCUT2D eigenvalue weighted by Gasteiger charge is 2.39. The molecule has 0 aromatic heterocycles. The van der Waals surface area contributed by atoms with E-state index in [2.05, 4.69) is 0 Å². The molecule has 4 heteroatoms. The average Bonchev–Trinajstić information content (AvgIpc) is 2.94. The highest BCUT2D eigenvalue weighted by Crippen LogP contribution is 2.40. The maximum Gasteiger partial charge on any atom is 0.168 e. The largest absolute Gasteiger partial charge is 0.493 e. The number of halogens is 2. The molecule has 2 nitrogen and oxygen atoms in total. The number of benzene rings is 1. The van der Waals surface area contributed by atoms with Crippen molar-refractivity contribution in [3.8, 4) is 5.75 Å². The van der Waals surface area contributed by atoms with Gasteiger partial charge in [0.2, 0.25) is 0 Å². The van der Waals surface area contributed by atoms with Crippen LogP contribution in [0.4, 0.5) is 8.78 Å². The second kappa shape index (κ2) is 4.01. The molecule has 0 aliphatic heterocycles. The summed E-state index contributed by atoms with van der Waals surface area (Å²) in [5, 5.41) is 9.66. The van der Waals surface area contributed by atoms with Crippen LogP contribution in [-0.2, 0) is 6.42 Å². The lowest BCUT2D eigenvalue weighted by Gasteiger charge is -2.11. The van der Waals surface area contributed by atoms with Crippen LogP contribution in [0.1, 0.15) is 24.8 Å². The normalized spacial score (nSPS) is 17.2. The predicted molar refractivity (Wildman–Crippen MR) is 55.4 cm³/mol. The van der Waals surface area contributed by atoms with Crippen molar-refractivity contribution in [2.24, 2.45) is 0 Å². The smallest absolute Gasteiger partial charge is 0.168 e. The summed E-state index contributed by atoms with van der Waals surface area (Å²) in [5.74, 6) is -1.23. The van der Waals surface area contributed by atoms with Gasteiger partial charge in [-0.1, -0.05) is 0 Å². The van der Waals surface area contributed by atoms with Crippen LogP contribution in [0.2, 0.25) is 0 Å². The molecule has 1 N–H and O–H groups in total. The van der Waals surface area contributed by atoms with E-state index in [1.54, 1.807) is 0 Å². The Labute approximate surface area is 92.9 Å². The topological polar surface area (TPSA) is 29.5 Å². The molecule has 0 spiro atoms. The van der Waals surface area contributed by atoms with Crippen LogP contribution in [0.3, 0.4) is 0 Å². The summed E-state index contributed by atoms with van der Waals surface area (Å²) in [6.45, 7) is 0. The van der Waals surface area contributed by atoms with Crippen molar-refractivity contribution in [3.63, 3.8) is 0 Å². The first-order chi connectivity index (χ1) is 7.54. The Bertz CT molecular complexity index is 400. The molecule has 16 heavy (non-hydrogen) atoms. The number of aryl methyl sites for hydroxylation is 1. The SMILES string of the molecule is COc1c(F)cc(F)cc1CCC1(O)CC1. The monoisotopic (exact) mass is 228 g/mol. The van der Waals surface area contributed by atoms with E-state index in [1.807, 2.05) is 0 Å². The van der Waals surface area contributed by atoms with Gasteiger partial charge in [-0.05, 0) is 31.7 Å². The summed E-state index contributed by atoms with van der Waals surface area (Å²) in [6.07, 6.45) is 2.49. The minimum atomic E-state index is -0.694. The lowest BCUT2D eigenvalue weighted by atomic mass is 10.0. The van der Waals surface area contributed by atoms with Gasteiger partial charge < -0.3 is 9.84 Å². The average molecular weight is 228 g/mol. The lowest BCUT2D eigenvalue weighted by Crippen LogP contribution is -2.09. The number of ether oxygens (including phenoxy) is 1. The zero-order valence-electron chi connectivity index (χ0n) is 9.09. The van der Waals surface area contributed by atoms with E-state index in [0.29, 0.717) is 18.4 Å². The van der Waals surface area contributed by atoms with Gasteiger partial charge in [-0.2, -0.15) is 0 Å². The van der Waals surface area contributed by atoms with Gasteiger partial charge in [-0.25, -0.2) is 8.78 Å². The third-order valence-corrected chi connectivity index (χ3v) is 2.98. The van der Waals surface area contributed by atoms with Crippen LogP contribution in [0.25, 0.3) is 0 Å². The number of aliphatic hydroxyl groups is 1. The summed E-state index contributed by atoms with van der Waals surface area (Å²) in [4.78, 5) is 0. The maximum atomic E-state index is 13.3. The molecule has 0 bridgehead atoms. The third-order valence-electron chi connectivity index (χ3n) is 2.98. The fraction of sp³-hybridized carbons (Fsp3) is 0.500. The predicted octanol–water partition coefficient (Wildman–Crippen LogP) is 2.43. The molecule has 1 fully saturated rings. The minimum Gasteiger partial charge on any atom is -0.493 e. The van der Waals surface area contributed by atoms with E-state index in [-0.39, 0.29) is 5.75 Å². The first-order valence-corrected chi connectivity index (χ1v) is 5.28. The quantitative estimate of drug-likeness (QED) is 0.857. The van der Waals surface area contributed by atoms with Crippen molar-refractivity contribution in [1.82, 2.24) is 0 Å². The van der Waals surface area contributed by atoms with Crippen LogP contribution in [0.15, 0.2) is 12.1 Å². The molecule has 0 saturated heterocycles. The molecular weight excluding hydrogens is 214 g/mol. The van der Waals surface area contributed by atoms with E-state index in [9.17, 15) is 13.9 Å². The molecule has 2 rings (SSSR count). The van der Waals surface area contributed by atoms with E-state index in [1.165, 1.54) is 13.2 Å². The minimum absolute atomic E-state index is 0.0747. The summed E-state index contributed by atoms with van der Waals surface area (Å²) in [7, 11) is 1.35. The van der Waals surface area contributed by atoms with Gasteiger partial charge in [0.05, 0.1) is 12.7 Å². The summed E-state index contributed by atoms with van der Waals surface area (Å²) in [6, 6.07) is 2.06. The van der Waals surface area contributed by atoms with Gasteiger partial charge in [0.1, 0.15) is 5.82 Å². The standard InChI is InChI=1S/C12H14F2O2/c1-16-11-8(2-3-12(15)4-5-12)6-9(13)7-10(11)14/h6-7,15H,2-5H2,1H3. The summed E-state index contributed by atoms with van der Waals surface area (Å²) < 4.78 is 31.2. The van der Waals surface area contributed by atoms with Gasteiger partial charge >= 0.3 is 0 Å². The van der Waals surface area contributed by atoms with E-state index in [0.717, 1.165) is 18.9 Å². The fourth-order valence-electron chi connectivity index (χ4n) is 1.79. The van der Waals surface area contributed by atoms with Crippen LogP contribution >= 0.6 is 0 Å². The Kier molecular flexibility index (Phi) is 2.84. The second-order valence-electron chi connectivity index (χ2n) is 4.30. The molecule has 0 unspecified atom stereocenters. The fourth-order valence-corrected chi connectivity index (χ4v) is 1.79. The third kappa shape index (κ3) is 2.32. The molecule has 1 aromatic rings. The van der Waals surface area contributed by atoms with E-state index >= 15 is 0 Å². The van der Waals surface area contributed by atoms with Crippen LogP contribution in [0, 0.1) is 11.6 Å². The molecule has 0 amide bonds. The highest BCUT2D eigenvalue weighted by atomic mass is 19.1. The summed E-state index contributed by atoms with van der Waals surface area (Å²) in [5.41, 5.74) is -0.145. The highest BCUT2D eigenvalue weighted by molar-refractivity contribution is 5.36. The summed E-state index contributed by atoms with van der Waals surface area (Å²) >= 11 is 0.